The van der Waals surface area contributed by atoms with Crippen molar-refractivity contribution < 1.29 is 22.0 Å². The molecule has 2 aromatic rings. The van der Waals surface area contributed by atoms with E-state index >= 15 is 0 Å². The van der Waals surface area contributed by atoms with Gasteiger partial charge in [0.15, 0.2) is 0 Å². The van der Waals surface area contributed by atoms with Crippen LogP contribution in [0.4, 0.5) is 14.5 Å². The number of amides is 1. The van der Waals surface area contributed by atoms with E-state index in [1.54, 1.807) is 0 Å². The number of hydrogen-bond acceptors (Lipinski definition) is 3. The SMILES string of the molecule is C[C@H]1C[C@H](C)CN(S(=O)(=O)c2ccc(F)c(C(=O)Nc3ccc(F)c(Cl)c3)c2)C1. The Hall–Kier alpha value is -2.03. The van der Waals surface area contributed by atoms with Crippen LogP contribution in [0.15, 0.2) is 41.3 Å². The van der Waals surface area contributed by atoms with E-state index < -0.39 is 33.1 Å². The average Bonchev–Trinajstić information content (AvgIpc) is 2.64. The molecule has 1 heterocycles. The number of nitrogens with one attached hydrogen (secondary N) is 1. The third-order valence-electron chi connectivity index (χ3n) is 4.83. The lowest BCUT2D eigenvalue weighted by molar-refractivity contribution is 0.102. The van der Waals surface area contributed by atoms with Gasteiger partial charge in [-0.1, -0.05) is 25.4 Å². The molecule has 1 saturated heterocycles. The van der Waals surface area contributed by atoms with E-state index in [0.29, 0.717) is 13.1 Å². The second kappa shape index (κ2) is 8.38. The third-order valence-corrected chi connectivity index (χ3v) is 6.95. The fourth-order valence-corrected chi connectivity index (χ4v) is 5.45. The highest BCUT2D eigenvalue weighted by molar-refractivity contribution is 7.89. The van der Waals surface area contributed by atoms with Crippen molar-refractivity contribution in [2.24, 2.45) is 11.8 Å². The summed E-state index contributed by atoms with van der Waals surface area (Å²) in [6, 6.07) is 6.65. The fraction of sp³-hybridized carbons (Fsp3) is 0.350. The minimum atomic E-state index is -3.87. The van der Waals surface area contributed by atoms with E-state index in [-0.39, 0.29) is 27.4 Å². The summed E-state index contributed by atoms with van der Waals surface area (Å²) in [5, 5.41) is 2.20. The Bertz CT molecular complexity index is 1040. The van der Waals surface area contributed by atoms with Crippen molar-refractivity contribution in [2.45, 2.75) is 25.2 Å². The van der Waals surface area contributed by atoms with Gasteiger partial charge in [-0.15, -0.1) is 0 Å². The molecular formula is C20H21ClF2N2O3S. The van der Waals surface area contributed by atoms with E-state index in [1.807, 2.05) is 13.8 Å². The highest BCUT2D eigenvalue weighted by Gasteiger charge is 2.32. The number of carbonyl (C=O) groups excluding carboxylic acids is 1. The van der Waals surface area contributed by atoms with Gasteiger partial charge in [0.2, 0.25) is 10.0 Å². The Kier molecular flexibility index (Phi) is 6.26. The van der Waals surface area contributed by atoms with Gasteiger partial charge in [0.05, 0.1) is 15.5 Å². The molecule has 3 rings (SSSR count). The first-order chi connectivity index (χ1) is 13.6. The van der Waals surface area contributed by atoms with Gasteiger partial charge in [-0.05, 0) is 54.7 Å². The van der Waals surface area contributed by atoms with Crippen LogP contribution < -0.4 is 5.32 Å². The molecule has 0 radical (unpaired) electrons. The monoisotopic (exact) mass is 442 g/mol. The number of hydrogen-bond donors (Lipinski definition) is 1. The van der Waals surface area contributed by atoms with Crippen molar-refractivity contribution in [3.63, 3.8) is 0 Å². The molecule has 0 unspecified atom stereocenters. The van der Waals surface area contributed by atoms with Gasteiger partial charge in [0.1, 0.15) is 11.6 Å². The van der Waals surface area contributed by atoms with Crippen LogP contribution in [0, 0.1) is 23.5 Å². The maximum Gasteiger partial charge on any atom is 0.258 e. The van der Waals surface area contributed by atoms with Crippen LogP contribution in [0.25, 0.3) is 0 Å². The van der Waals surface area contributed by atoms with Gasteiger partial charge in [-0.25, -0.2) is 17.2 Å². The summed E-state index contributed by atoms with van der Waals surface area (Å²) < 4.78 is 54.9. The number of rotatable bonds is 4. The molecular weight excluding hydrogens is 422 g/mol. The number of benzene rings is 2. The Morgan fingerprint density at radius 3 is 2.31 bits per heavy atom. The van der Waals surface area contributed by atoms with Crippen LogP contribution in [0.2, 0.25) is 5.02 Å². The van der Waals surface area contributed by atoms with Crippen LogP contribution in [0.1, 0.15) is 30.6 Å². The van der Waals surface area contributed by atoms with Gasteiger partial charge in [0, 0.05) is 18.8 Å². The van der Waals surface area contributed by atoms with E-state index in [1.165, 1.54) is 16.4 Å². The average molecular weight is 443 g/mol. The standard InChI is InChI=1S/C20H21ClF2N2O3S/c1-12-7-13(2)11-25(10-12)29(27,28)15-4-6-18(22)16(9-15)20(26)24-14-3-5-19(23)17(21)8-14/h3-6,8-9,12-13H,7,10-11H2,1-2H3,(H,24,26)/t12-,13-/m0/s1. The zero-order chi connectivity index (χ0) is 21.3. The molecule has 1 amide bonds. The lowest BCUT2D eigenvalue weighted by Gasteiger charge is -2.34. The molecule has 2 atom stereocenters. The van der Waals surface area contributed by atoms with Crippen molar-refractivity contribution >= 4 is 33.2 Å². The summed E-state index contributed by atoms with van der Waals surface area (Å²) in [6.45, 7) is 4.71. The molecule has 0 aromatic heterocycles. The topological polar surface area (TPSA) is 66.5 Å². The predicted molar refractivity (Wildman–Crippen MR) is 107 cm³/mol. The Balaban J connectivity index is 1.89. The quantitative estimate of drug-likeness (QED) is 0.756. The fourth-order valence-electron chi connectivity index (χ4n) is 3.56. The molecule has 1 fully saturated rings. The molecule has 2 aromatic carbocycles. The largest absolute Gasteiger partial charge is 0.322 e. The first-order valence-electron chi connectivity index (χ1n) is 9.14. The molecule has 0 bridgehead atoms. The lowest BCUT2D eigenvalue weighted by Crippen LogP contribution is -2.42. The summed E-state index contributed by atoms with van der Waals surface area (Å²) in [4.78, 5) is 12.3. The van der Waals surface area contributed by atoms with E-state index in [9.17, 15) is 22.0 Å². The Morgan fingerprint density at radius 1 is 1.07 bits per heavy atom. The molecule has 1 aliphatic rings. The van der Waals surface area contributed by atoms with Crippen LogP contribution >= 0.6 is 11.6 Å². The minimum absolute atomic E-state index is 0.150. The van der Waals surface area contributed by atoms with Crippen molar-refractivity contribution in [3.8, 4) is 0 Å². The van der Waals surface area contributed by atoms with Gasteiger partial charge >= 0.3 is 0 Å². The molecule has 1 N–H and O–H groups in total. The normalized spacial score (nSPS) is 20.4. The number of nitrogens with zero attached hydrogens (tertiary/aromatic N) is 1. The van der Waals surface area contributed by atoms with Crippen LogP contribution in [-0.2, 0) is 10.0 Å². The second-order valence-corrected chi connectivity index (χ2v) is 9.84. The molecule has 0 spiro atoms. The van der Waals surface area contributed by atoms with Crippen molar-refractivity contribution in [2.75, 3.05) is 18.4 Å². The third kappa shape index (κ3) is 4.76. The maximum absolute atomic E-state index is 14.3. The van der Waals surface area contributed by atoms with Crippen molar-refractivity contribution in [1.29, 1.82) is 0 Å². The zero-order valence-electron chi connectivity index (χ0n) is 16.0. The summed E-state index contributed by atoms with van der Waals surface area (Å²) in [6.07, 6.45) is 0.934. The van der Waals surface area contributed by atoms with E-state index in [0.717, 1.165) is 30.7 Å². The first-order valence-corrected chi connectivity index (χ1v) is 11.0. The summed E-state index contributed by atoms with van der Waals surface area (Å²) in [5.41, 5.74) is -0.266. The van der Waals surface area contributed by atoms with Gasteiger partial charge in [-0.2, -0.15) is 4.31 Å². The molecule has 156 valence electrons. The smallest absolute Gasteiger partial charge is 0.258 e. The van der Waals surface area contributed by atoms with E-state index in [2.05, 4.69) is 5.32 Å². The van der Waals surface area contributed by atoms with Crippen LogP contribution in [0.3, 0.4) is 0 Å². The Labute approximate surface area is 173 Å². The van der Waals surface area contributed by atoms with Crippen LogP contribution in [-0.4, -0.2) is 31.7 Å². The molecule has 1 aliphatic heterocycles. The molecule has 5 nitrogen and oxygen atoms in total. The first kappa shape index (κ1) is 21.7. The second-order valence-electron chi connectivity index (χ2n) is 7.49. The Morgan fingerprint density at radius 2 is 1.69 bits per heavy atom. The summed E-state index contributed by atoms with van der Waals surface area (Å²) in [5.74, 6) is -1.97. The highest BCUT2D eigenvalue weighted by atomic mass is 35.5. The van der Waals surface area contributed by atoms with Crippen molar-refractivity contribution in [3.05, 3.63) is 58.6 Å². The highest BCUT2D eigenvalue weighted by Crippen LogP contribution is 2.28. The lowest BCUT2D eigenvalue weighted by atomic mass is 9.94. The molecule has 29 heavy (non-hydrogen) atoms. The van der Waals surface area contributed by atoms with Gasteiger partial charge < -0.3 is 5.32 Å². The molecule has 0 saturated carbocycles. The maximum atomic E-state index is 14.3. The number of piperidine rings is 1. The molecule has 0 aliphatic carbocycles. The van der Waals surface area contributed by atoms with Crippen LogP contribution in [0.5, 0.6) is 0 Å². The number of carbonyl (C=O) groups is 1. The zero-order valence-corrected chi connectivity index (χ0v) is 17.5. The molecule has 9 heteroatoms. The van der Waals surface area contributed by atoms with Crippen molar-refractivity contribution in [1.82, 2.24) is 4.31 Å². The number of sulfonamides is 1. The predicted octanol–water partition coefficient (Wildman–Crippen LogP) is 4.54. The van der Waals surface area contributed by atoms with Gasteiger partial charge in [0.25, 0.3) is 5.91 Å². The van der Waals surface area contributed by atoms with Gasteiger partial charge in [-0.3, -0.25) is 4.79 Å². The number of halogens is 3. The minimum Gasteiger partial charge on any atom is -0.322 e. The van der Waals surface area contributed by atoms with E-state index in [4.69, 9.17) is 11.6 Å². The summed E-state index contributed by atoms with van der Waals surface area (Å²) in [7, 11) is -3.87. The summed E-state index contributed by atoms with van der Waals surface area (Å²) >= 11 is 5.68. The number of anilines is 1.